The van der Waals surface area contributed by atoms with Gasteiger partial charge in [0.2, 0.25) is 0 Å². The van der Waals surface area contributed by atoms with Crippen LogP contribution in [0.5, 0.6) is 0 Å². The number of hydrogen-bond acceptors (Lipinski definition) is 12. The van der Waals surface area contributed by atoms with Crippen LogP contribution in [0, 0.1) is 11.6 Å². The van der Waals surface area contributed by atoms with Crippen molar-refractivity contribution in [2.24, 2.45) is 0 Å². The molecule has 5 atom stereocenters. The van der Waals surface area contributed by atoms with E-state index in [9.17, 15) is 18.1 Å². The van der Waals surface area contributed by atoms with Gasteiger partial charge in [0, 0.05) is 12.5 Å². The Labute approximate surface area is 221 Å². The predicted octanol–water partition coefficient (Wildman–Crippen LogP) is 4.21. The second-order valence-corrected chi connectivity index (χ2v) is 11.2. The quantitative estimate of drug-likeness (QED) is 0.305. The third kappa shape index (κ3) is 6.02. The highest BCUT2D eigenvalue weighted by Crippen LogP contribution is 2.61. The van der Waals surface area contributed by atoms with Crippen molar-refractivity contribution in [1.82, 2.24) is 19.5 Å². The lowest BCUT2D eigenvalue weighted by molar-refractivity contribution is -0.116. The number of halogens is 2. The number of ether oxygens (including phenoxy) is 3. The van der Waals surface area contributed by atoms with E-state index in [0.717, 1.165) is 18.2 Å². The molecule has 0 amide bonds. The monoisotopic (exact) mass is 569 g/mol. The Morgan fingerprint density at radius 1 is 1.23 bits per heavy atom. The number of fused-ring (bicyclic) bond motifs is 1. The summed E-state index contributed by atoms with van der Waals surface area (Å²) in [5, 5.41) is 0. The molecule has 2 aliphatic rings. The van der Waals surface area contributed by atoms with Crippen LogP contribution >= 0.6 is 7.82 Å². The molecule has 0 bridgehead atoms. The maximum absolute atomic E-state index is 13.9. The summed E-state index contributed by atoms with van der Waals surface area (Å²) in [5.41, 5.74) is 5.72. The molecule has 5 rings (SSSR count). The molecule has 2 fully saturated rings. The number of nitrogen functional groups attached to an aromatic ring is 1. The molecule has 2 N–H and O–H groups in total. The van der Waals surface area contributed by atoms with Crippen molar-refractivity contribution in [3.05, 3.63) is 48.1 Å². The number of imidazole rings is 1. The van der Waals surface area contributed by atoms with Crippen molar-refractivity contribution in [3.63, 3.8) is 0 Å². The Hall–Kier alpha value is -3.23. The number of carbonyl (C=O) groups excluding carboxylic acids is 1. The molecule has 3 aromatic rings. The van der Waals surface area contributed by atoms with Crippen LogP contribution in [0.4, 0.5) is 19.4 Å². The Morgan fingerprint density at radius 3 is 2.67 bits per heavy atom. The molecule has 210 valence electrons. The van der Waals surface area contributed by atoms with Gasteiger partial charge < -0.3 is 19.9 Å². The zero-order chi connectivity index (χ0) is 27.9. The van der Waals surface area contributed by atoms with Crippen LogP contribution in [-0.4, -0.2) is 56.7 Å². The zero-order valence-electron chi connectivity index (χ0n) is 21.2. The lowest BCUT2D eigenvalue weighted by Gasteiger charge is -2.39. The van der Waals surface area contributed by atoms with E-state index < -0.39 is 62.4 Å². The number of hydrogen-bond donors (Lipinski definition) is 1. The summed E-state index contributed by atoms with van der Waals surface area (Å²) in [6.45, 7) is 4.40. The van der Waals surface area contributed by atoms with Crippen LogP contribution in [0.1, 0.15) is 45.1 Å². The maximum atomic E-state index is 13.9. The molecular formula is C23H26F2N5O8P. The van der Waals surface area contributed by atoms with Crippen molar-refractivity contribution in [2.75, 3.05) is 18.9 Å². The van der Waals surface area contributed by atoms with Crippen LogP contribution in [-0.2, 0) is 32.3 Å². The third-order valence-corrected chi connectivity index (χ3v) is 7.82. The molecule has 2 saturated heterocycles. The van der Waals surface area contributed by atoms with Gasteiger partial charge in [0.25, 0.3) is 0 Å². The number of phosphoric ester groups is 1. The van der Waals surface area contributed by atoms with Gasteiger partial charge in [0.05, 0.1) is 24.6 Å². The van der Waals surface area contributed by atoms with Gasteiger partial charge >= 0.3 is 14.0 Å². The second kappa shape index (κ2) is 10.4. The van der Waals surface area contributed by atoms with E-state index in [1.807, 2.05) is 0 Å². The van der Waals surface area contributed by atoms with Crippen LogP contribution in [0.2, 0.25) is 0 Å². The Balaban J connectivity index is 1.35. The van der Waals surface area contributed by atoms with E-state index in [2.05, 4.69) is 15.0 Å². The van der Waals surface area contributed by atoms with Crippen LogP contribution in [0.3, 0.4) is 0 Å². The fourth-order valence-corrected chi connectivity index (χ4v) is 6.05. The lowest BCUT2D eigenvalue weighted by atomic mass is 9.96. The minimum atomic E-state index is -4.31. The molecule has 0 saturated carbocycles. The highest BCUT2D eigenvalue weighted by molar-refractivity contribution is 7.48. The molecule has 0 spiro atoms. The summed E-state index contributed by atoms with van der Waals surface area (Å²) in [5.74, 6) is -1.43. The minimum Gasteiger partial charge on any atom is -0.430 e. The van der Waals surface area contributed by atoms with Gasteiger partial charge in [-0.25, -0.2) is 33.1 Å². The van der Waals surface area contributed by atoms with Gasteiger partial charge in [-0.1, -0.05) is 0 Å². The summed E-state index contributed by atoms with van der Waals surface area (Å²) in [6, 6.07) is 2.91. The summed E-state index contributed by atoms with van der Waals surface area (Å²) in [7, 11) is -4.31. The van der Waals surface area contributed by atoms with E-state index in [0.29, 0.717) is 11.2 Å². The standard InChI is InChI=1S/C23H26F2N5O8P/c1-12(30-11-29-19-20(26)27-10-28-21(19)30)35-18(17-8-33-22(31)36-17)9-34-39(32)37-16(7-23(2,3)38-39)13-4-14(24)6-15(25)5-13/h4-6,10-12,16-18H,7-9H2,1-3H3,(H2,26,27,28)/t12-,16+,17+,18-,39?/m1/s1. The average Bonchev–Trinajstić information content (AvgIpc) is 3.47. The molecule has 16 heteroatoms. The first-order valence-electron chi connectivity index (χ1n) is 11.9. The number of nitrogens with zero attached hydrogens (tertiary/aromatic N) is 4. The Kier molecular flexibility index (Phi) is 7.29. The average molecular weight is 569 g/mol. The van der Waals surface area contributed by atoms with Gasteiger partial charge in [-0.2, -0.15) is 0 Å². The molecule has 2 aliphatic heterocycles. The van der Waals surface area contributed by atoms with Gasteiger partial charge in [-0.05, 0) is 38.5 Å². The van der Waals surface area contributed by atoms with E-state index >= 15 is 0 Å². The van der Waals surface area contributed by atoms with Gasteiger partial charge in [-0.15, -0.1) is 0 Å². The van der Waals surface area contributed by atoms with Crippen LogP contribution in [0.25, 0.3) is 11.2 Å². The molecule has 1 unspecified atom stereocenters. The highest BCUT2D eigenvalue weighted by atomic mass is 31.2. The zero-order valence-corrected chi connectivity index (χ0v) is 22.0. The van der Waals surface area contributed by atoms with Crippen molar-refractivity contribution < 1.29 is 45.9 Å². The first-order valence-corrected chi connectivity index (χ1v) is 13.4. The van der Waals surface area contributed by atoms with E-state index in [4.69, 9.17) is 33.5 Å². The summed E-state index contributed by atoms with van der Waals surface area (Å²) in [6.07, 6.45) is -1.70. The Bertz CT molecular complexity index is 1420. The number of benzene rings is 1. The molecule has 0 aliphatic carbocycles. The first kappa shape index (κ1) is 27.3. The summed E-state index contributed by atoms with van der Waals surface area (Å²) < 4.78 is 76.0. The number of cyclic esters (lactones) is 2. The van der Waals surface area contributed by atoms with Crippen molar-refractivity contribution in [1.29, 1.82) is 0 Å². The Morgan fingerprint density at radius 2 is 1.97 bits per heavy atom. The fourth-order valence-electron chi connectivity index (χ4n) is 4.38. The van der Waals surface area contributed by atoms with Crippen LogP contribution in [0.15, 0.2) is 30.9 Å². The fraction of sp³-hybridized carbons (Fsp3) is 0.478. The predicted molar refractivity (Wildman–Crippen MR) is 129 cm³/mol. The second-order valence-electron chi connectivity index (χ2n) is 9.67. The van der Waals surface area contributed by atoms with Crippen LogP contribution < -0.4 is 5.73 Å². The van der Waals surface area contributed by atoms with Gasteiger partial charge in [-0.3, -0.25) is 18.1 Å². The normalized spacial score (nSPS) is 26.2. The van der Waals surface area contributed by atoms with E-state index in [-0.39, 0.29) is 24.4 Å². The number of anilines is 1. The minimum absolute atomic E-state index is 0.139. The molecule has 39 heavy (non-hydrogen) atoms. The summed E-state index contributed by atoms with van der Waals surface area (Å²) in [4.78, 5) is 23.9. The third-order valence-electron chi connectivity index (χ3n) is 6.12. The topological polar surface area (TPSA) is 159 Å². The number of phosphoric acid groups is 1. The smallest absolute Gasteiger partial charge is 0.430 e. The van der Waals surface area contributed by atoms with Crippen molar-refractivity contribution in [2.45, 2.75) is 57.3 Å². The SMILES string of the molecule is C[C@@H](O[C@H](COP1(=O)O[C@H](c2cc(F)cc(F)c2)CC(C)(C)O1)[C@@H]1COC(=O)O1)n1cnc2c(N)ncnc21. The number of rotatable bonds is 8. The molecule has 2 aromatic heterocycles. The molecule has 1 aromatic carbocycles. The number of nitrogens with two attached hydrogens (primary N) is 1. The van der Waals surface area contributed by atoms with Gasteiger partial charge in [0.1, 0.15) is 42.4 Å². The maximum Gasteiger partial charge on any atom is 0.508 e. The molecular weight excluding hydrogens is 543 g/mol. The van der Waals surface area contributed by atoms with E-state index in [1.54, 1.807) is 25.3 Å². The molecule has 4 heterocycles. The first-order chi connectivity index (χ1) is 18.4. The highest BCUT2D eigenvalue weighted by Gasteiger charge is 2.47. The largest absolute Gasteiger partial charge is 0.508 e. The van der Waals surface area contributed by atoms with Gasteiger partial charge in [0.15, 0.2) is 17.6 Å². The molecule has 0 radical (unpaired) electrons. The van der Waals surface area contributed by atoms with Crippen molar-refractivity contribution in [3.8, 4) is 0 Å². The molecule has 13 nitrogen and oxygen atoms in total. The van der Waals surface area contributed by atoms with E-state index in [1.165, 1.54) is 12.7 Å². The summed E-state index contributed by atoms with van der Waals surface area (Å²) >= 11 is 0. The van der Waals surface area contributed by atoms with Crippen molar-refractivity contribution >= 4 is 31.0 Å². The lowest BCUT2D eigenvalue weighted by Crippen LogP contribution is -2.38. The number of carbonyl (C=O) groups is 1. The number of aromatic nitrogens is 4.